The monoisotopic (exact) mass is 304 g/mol. The van der Waals surface area contributed by atoms with Gasteiger partial charge < -0.3 is 0 Å². The van der Waals surface area contributed by atoms with Gasteiger partial charge in [-0.25, -0.2) is 0 Å². The zero-order valence-corrected chi connectivity index (χ0v) is 13.0. The third-order valence-electron chi connectivity index (χ3n) is 3.25. The van der Waals surface area contributed by atoms with Gasteiger partial charge in [0.05, 0.1) is 11.1 Å². The van der Waals surface area contributed by atoms with Crippen molar-refractivity contribution in [2.75, 3.05) is 0 Å². The third-order valence-corrected chi connectivity index (χ3v) is 3.25. The summed E-state index contributed by atoms with van der Waals surface area (Å²) < 4.78 is 0. The van der Waals surface area contributed by atoms with Crippen molar-refractivity contribution in [3.63, 3.8) is 0 Å². The molecular weight excluding hydrogens is 284 g/mol. The number of piperidine rings is 1. The van der Waals surface area contributed by atoms with Crippen LogP contribution in [0, 0.1) is 0 Å². The largest absolute Gasteiger partial charge is 0.295 e. The smallest absolute Gasteiger partial charge is 0.262 e. The minimum Gasteiger partial charge on any atom is -0.295 e. The van der Waals surface area contributed by atoms with Crippen LogP contribution in [-0.2, 0) is 19.2 Å². The second kappa shape index (κ2) is 7.49. The molecule has 2 heterocycles. The summed E-state index contributed by atoms with van der Waals surface area (Å²) >= 11 is 0. The first-order chi connectivity index (χ1) is 10.5. The van der Waals surface area contributed by atoms with Crippen LogP contribution < -0.4 is 5.32 Å². The molecule has 2 aliphatic heterocycles. The number of hydrogen-bond donors (Lipinski definition) is 1. The van der Waals surface area contributed by atoms with E-state index >= 15 is 0 Å². The van der Waals surface area contributed by atoms with Gasteiger partial charge in [0.15, 0.2) is 0 Å². The Balaban J connectivity index is 0.00000116. The minimum atomic E-state index is -0.939. The summed E-state index contributed by atoms with van der Waals surface area (Å²) in [6.45, 7) is 9.25. The van der Waals surface area contributed by atoms with Crippen molar-refractivity contribution in [2.45, 2.75) is 39.7 Å². The van der Waals surface area contributed by atoms with E-state index in [1.54, 1.807) is 13.0 Å². The van der Waals surface area contributed by atoms with Gasteiger partial charge in [0, 0.05) is 6.42 Å². The van der Waals surface area contributed by atoms with Crippen LogP contribution in [0.5, 0.6) is 0 Å². The van der Waals surface area contributed by atoms with Crippen LogP contribution in [0.3, 0.4) is 0 Å². The summed E-state index contributed by atoms with van der Waals surface area (Å²) in [6, 6.07) is -0.939. The number of rotatable bonds is 3. The summed E-state index contributed by atoms with van der Waals surface area (Å²) in [6.07, 6.45) is 4.72. The standard InChI is InChI=1S/C14H14N2O4.C2H6/c1-3-5-9-8(4-2)13(19)16(14(9)20)10-6-7-11(17)15-12(10)18;1-2/h3-5,10H,2,6-7H2,1H3,(H,15,17,18);1-2H3/b5-3-;/t10-;/m1./s1. The normalized spacial score (nSPS) is 22.0. The molecule has 2 aliphatic rings. The molecule has 0 spiro atoms. The molecule has 0 aromatic rings. The van der Waals surface area contributed by atoms with Crippen LogP contribution in [0.25, 0.3) is 0 Å². The maximum Gasteiger partial charge on any atom is 0.262 e. The average molecular weight is 304 g/mol. The molecule has 0 saturated carbocycles. The highest BCUT2D eigenvalue weighted by molar-refractivity contribution is 6.23. The summed E-state index contributed by atoms with van der Waals surface area (Å²) in [4.78, 5) is 48.4. The summed E-state index contributed by atoms with van der Waals surface area (Å²) in [5.41, 5.74) is 0.398. The Morgan fingerprint density at radius 2 is 1.73 bits per heavy atom. The molecule has 118 valence electrons. The molecule has 0 radical (unpaired) electrons. The van der Waals surface area contributed by atoms with E-state index in [4.69, 9.17) is 0 Å². The first-order valence-electron chi connectivity index (χ1n) is 7.22. The van der Waals surface area contributed by atoms with Crippen LogP contribution in [0.4, 0.5) is 0 Å². The number of allylic oxidation sites excluding steroid dienone is 1. The summed E-state index contributed by atoms with van der Waals surface area (Å²) in [5.74, 6) is -2.09. The topological polar surface area (TPSA) is 83.6 Å². The molecule has 0 aliphatic carbocycles. The van der Waals surface area contributed by atoms with Crippen molar-refractivity contribution in [3.8, 4) is 0 Å². The number of hydrogen-bond acceptors (Lipinski definition) is 4. The van der Waals surface area contributed by atoms with Gasteiger partial charge in [-0.2, -0.15) is 0 Å². The van der Waals surface area contributed by atoms with E-state index in [2.05, 4.69) is 11.9 Å². The molecule has 1 atom stereocenters. The molecule has 1 N–H and O–H groups in total. The molecule has 0 bridgehead atoms. The Labute approximate surface area is 129 Å². The first kappa shape index (κ1) is 17.6. The molecule has 6 nitrogen and oxygen atoms in total. The maximum atomic E-state index is 12.3. The van der Waals surface area contributed by atoms with E-state index < -0.39 is 29.7 Å². The van der Waals surface area contributed by atoms with Crippen molar-refractivity contribution in [1.82, 2.24) is 10.2 Å². The minimum absolute atomic E-state index is 0.107. The van der Waals surface area contributed by atoms with Gasteiger partial charge in [0.1, 0.15) is 6.04 Å². The maximum absolute atomic E-state index is 12.3. The quantitative estimate of drug-likeness (QED) is 0.795. The molecule has 0 aromatic carbocycles. The van der Waals surface area contributed by atoms with E-state index in [1.165, 1.54) is 12.2 Å². The zero-order chi connectivity index (χ0) is 16.9. The fourth-order valence-electron chi connectivity index (χ4n) is 2.32. The fraction of sp³-hybridized carbons (Fsp3) is 0.375. The van der Waals surface area contributed by atoms with E-state index in [-0.39, 0.29) is 24.0 Å². The van der Waals surface area contributed by atoms with E-state index in [0.717, 1.165) is 4.90 Å². The summed E-state index contributed by atoms with van der Waals surface area (Å²) in [5, 5.41) is 2.14. The highest BCUT2D eigenvalue weighted by Gasteiger charge is 2.44. The lowest BCUT2D eigenvalue weighted by Crippen LogP contribution is -2.54. The number of carbonyl (C=O) groups excluding carboxylic acids is 4. The van der Waals surface area contributed by atoms with Crippen molar-refractivity contribution >= 4 is 23.6 Å². The zero-order valence-electron chi connectivity index (χ0n) is 13.0. The van der Waals surface area contributed by atoms with Crippen molar-refractivity contribution in [3.05, 3.63) is 36.0 Å². The molecule has 0 aromatic heterocycles. The SMILES string of the molecule is C=CC1=C(/C=C\C)C(=O)N([C@@H]2CCC(=O)NC2=O)C1=O.CC. The predicted octanol–water partition coefficient (Wildman–Crippen LogP) is 1.25. The lowest BCUT2D eigenvalue weighted by atomic mass is 10.0. The van der Waals surface area contributed by atoms with Crippen molar-refractivity contribution in [1.29, 1.82) is 0 Å². The highest BCUT2D eigenvalue weighted by atomic mass is 16.2. The Kier molecular flexibility index (Phi) is 5.98. The van der Waals surface area contributed by atoms with Gasteiger partial charge in [-0.3, -0.25) is 29.4 Å². The van der Waals surface area contributed by atoms with Crippen LogP contribution in [0.2, 0.25) is 0 Å². The lowest BCUT2D eigenvalue weighted by molar-refractivity contribution is -0.149. The van der Waals surface area contributed by atoms with Gasteiger partial charge in [-0.15, -0.1) is 0 Å². The number of carbonyl (C=O) groups is 4. The molecule has 6 heteroatoms. The van der Waals surface area contributed by atoms with Gasteiger partial charge >= 0.3 is 0 Å². The Bertz CT molecular complexity index is 587. The number of nitrogens with zero attached hydrogens (tertiary/aromatic N) is 1. The molecule has 2 rings (SSSR count). The van der Waals surface area contributed by atoms with Crippen LogP contribution in [-0.4, -0.2) is 34.6 Å². The fourth-order valence-corrected chi connectivity index (χ4v) is 2.32. The molecule has 1 fully saturated rings. The number of nitrogens with one attached hydrogen (secondary N) is 1. The highest BCUT2D eigenvalue weighted by Crippen LogP contribution is 2.27. The molecule has 0 unspecified atom stereocenters. The van der Waals surface area contributed by atoms with Crippen LogP contribution >= 0.6 is 0 Å². The average Bonchev–Trinajstić information content (AvgIpc) is 2.73. The lowest BCUT2D eigenvalue weighted by Gasteiger charge is -2.28. The van der Waals surface area contributed by atoms with Crippen molar-refractivity contribution in [2.24, 2.45) is 0 Å². The Morgan fingerprint density at radius 1 is 1.14 bits per heavy atom. The second-order valence-electron chi connectivity index (χ2n) is 4.48. The Morgan fingerprint density at radius 3 is 2.23 bits per heavy atom. The van der Waals surface area contributed by atoms with E-state index in [0.29, 0.717) is 0 Å². The van der Waals surface area contributed by atoms with E-state index in [1.807, 2.05) is 13.8 Å². The molecule has 22 heavy (non-hydrogen) atoms. The first-order valence-corrected chi connectivity index (χ1v) is 7.22. The Hall–Kier alpha value is -2.50. The third kappa shape index (κ3) is 3.05. The number of amides is 4. The van der Waals surface area contributed by atoms with Crippen molar-refractivity contribution < 1.29 is 19.2 Å². The van der Waals surface area contributed by atoms with Crippen LogP contribution in [0.1, 0.15) is 33.6 Å². The van der Waals surface area contributed by atoms with E-state index in [9.17, 15) is 19.2 Å². The summed E-state index contributed by atoms with van der Waals surface area (Å²) in [7, 11) is 0. The predicted molar refractivity (Wildman–Crippen MR) is 81.4 cm³/mol. The van der Waals surface area contributed by atoms with Gasteiger partial charge in [-0.05, 0) is 13.3 Å². The molecule has 4 amide bonds. The van der Waals surface area contributed by atoms with Gasteiger partial charge in [0.2, 0.25) is 11.8 Å². The number of imide groups is 2. The van der Waals surface area contributed by atoms with Gasteiger partial charge in [-0.1, -0.05) is 38.7 Å². The molecular formula is C16H20N2O4. The second-order valence-corrected chi connectivity index (χ2v) is 4.48. The van der Waals surface area contributed by atoms with Crippen LogP contribution in [0.15, 0.2) is 36.0 Å². The molecule has 1 saturated heterocycles. The van der Waals surface area contributed by atoms with Gasteiger partial charge in [0.25, 0.3) is 11.8 Å².